The van der Waals surface area contributed by atoms with E-state index in [0.717, 1.165) is 0 Å². The van der Waals surface area contributed by atoms with Crippen LogP contribution >= 0.6 is 23.1 Å². The molecule has 0 saturated carbocycles. The van der Waals surface area contributed by atoms with Crippen molar-refractivity contribution in [3.8, 4) is 0 Å². The Bertz CT molecular complexity index is 460. The van der Waals surface area contributed by atoms with Crippen LogP contribution in [0.3, 0.4) is 0 Å². The van der Waals surface area contributed by atoms with Crippen molar-refractivity contribution in [3.63, 3.8) is 0 Å². The van der Waals surface area contributed by atoms with Gasteiger partial charge in [-0.15, -0.1) is 23.1 Å². The Labute approximate surface area is 107 Å². The van der Waals surface area contributed by atoms with E-state index in [4.69, 9.17) is 5.11 Å². The predicted molar refractivity (Wildman–Crippen MR) is 66.4 cm³/mol. The Hall–Kier alpha value is -1.08. The van der Waals surface area contributed by atoms with Crippen LogP contribution in [0.2, 0.25) is 0 Å². The first-order chi connectivity index (χ1) is 8.02. The van der Waals surface area contributed by atoms with Crippen LogP contribution in [0.5, 0.6) is 0 Å². The fraction of sp³-hybridized carbons (Fsp3) is 0.500. The standard InChI is InChI=1S/C10H12N2O3S2/c1-5-8(17-4-11-5)9(13)12-6(2)16-3-7(12)10(14)15/h4,6-7H,3H2,1-2H3,(H,14,15). The van der Waals surface area contributed by atoms with Crippen molar-refractivity contribution in [3.05, 3.63) is 16.1 Å². The summed E-state index contributed by atoms with van der Waals surface area (Å²) in [7, 11) is 0. The lowest BCUT2D eigenvalue weighted by Crippen LogP contribution is -2.44. The molecule has 0 spiro atoms. The van der Waals surface area contributed by atoms with Gasteiger partial charge >= 0.3 is 5.97 Å². The fourth-order valence-electron chi connectivity index (χ4n) is 1.77. The molecule has 2 unspecified atom stereocenters. The van der Waals surface area contributed by atoms with Crippen LogP contribution < -0.4 is 0 Å². The summed E-state index contributed by atoms with van der Waals surface area (Å²) >= 11 is 2.74. The normalized spacial score (nSPS) is 24.0. The molecule has 1 fully saturated rings. The third kappa shape index (κ3) is 2.16. The van der Waals surface area contributed by atoms with E-state index in [1.54, 1.807) is 12.4 Å². The predicted octanol–water partition coefficient (Wildman–Crippen LogP) is 1.44. The number of carboxylic acid groups (broad SMARTS) is 1. The van der Waals surface area contributed by atoms with E-state index in [2.05, 4.69) is 4.98 Å². The van der Waals surface area contributed by atoms with Crippen molar-refractivity contribution < 1.29 is 14.7 Å². The van der Waals surface area contributed by atoms with Crippen LogP contribution in [-0.4, -0.2) is 44.0 Å². The van der Waals surface area contributed by atoms with E-state index in [9.17, 15) is 9.59 Å². The quantitative estimate of drug-likeness (QED) is 0.882. The monoisotopic (exact) mass is 272 g/mol. The number of carbonyl (C=O) groups is 2. The number of aryl methyl sites for hydroxylation is 1. The zero-order chi connectivity index (χ0) is 12.6. The largest absolute Gasteiger partial charge is 0.480 e. The number of carbonyl (C=O) groups excluding carboxylic acids is 1. The van der Waals surface area contributed by atoms with Crippen LogP contribution in [0, 0.1) is 6.92 Å². The molecule has 0 radical (unpaired) electrons. The van der Waals surface area contributed by atoms with Crippen molar-refractivity contribution in [1.29, 1.82) is 0 Å². The SMILES string of the molecule is Cc1ncsc1C(=O)N1C(C)SCC1C(=O)O. The molecule has 2 heterocycles. The molecule has 0 aromatic carbocycles. The lowest BCUT2D eigenvalue weighted by atomic mass is 10.2. The molecule has 7 heteroatoms. The van der Waals surface area contributed by atoms with Gasteiger partial charge in [0.15, 0.2) is 0 Å². The molecule has 2 rings (SSSR count). The molecule has 1 saturated heterocycles. The van der Waals surface area contributed by atoms with Gasteiger partial charge in [0.05, 0.1) is 16.6 Å². The average molecular weight is 272 g/mol. The molecular weight excluding hydrogens is 260 g/mol. The highest BCUT2D eigenvalue weighted by atomic mass is 32.2. The van der Waals surface area contributed by atoms with Gasteiger partial charge in [0.2, 0.25) is 0 Å². The molecule has 1 aliphatic heterocycles. The highest BCUT2D eigenvalue weighted by molar-refractivity contribution is 8.00. The van der Waals surface area contributed by atoms with Gasteiger partial charge in [0.25, 0.3) is 5.91 Å². The van der Waals surface area contributed by atoms with Gasteiger partial charge in [-0.2, -0.15) is 0 Å². The Morgan fingerprint density at radius 1 is 1.59 bits per heavy atom. The third-order valence-corrected chi connectivity index (χ3v) is 4.82. The van der Waals surface area contributed by atoms with Crippen LogP contribution in [0.4, 0.5) is 0 Å². The molecule has 2 atom stereocenters. The lowest BCUT2D eigenvalue weighted by Gasteiger charge is -2.24. The number of aromatic nitrogens is 1. The van der Waals surface area contributed by atoms with Crippen molar-refractivity contribution in [1.82, 2.24) is 9.88 Å². The van der Waals surface area contributed by atoms with Crippen molar-refractivity contribution in [2.45, 2.75) is 25.3 Å². The van der Waals surface area contributed by atoms with Gasteiger partial charge in [-0.1, -0.05) is 0 Å². The number of nitrogens with zero attached hydrogens (tertiary/aromatic N) is 2. The molecule has 5 nitrogen and oxygen atoms in total. The van der Waals surface area contributed by atoms with Gasteiger partial charge in [-0.05, 0) is 13.8 Å². The highest BCUT2D eigenvalue weighted by Crippen LogP contribution is 2.31. The topological polar surface area (TPSA) is 70.5 Å². The summed E-state index contributed by atoms with van der Waals surface area (Å²) in [4.78, 5) is 29.4. The summed E-state index contributed by atoms with van der Waals surface area (Å²) in [5.74, 6) is -0.729. The molecule has 1 aliphatic rings. The number of carboxylic acids is 1. The van der Waals surface area contributed by atoms with Gasteiger partial charge in [0, 0.05) is 5.75 Å². The number of amides is 1. The smallest absolute Gasteiger partial charge is 0.327 e. The van der Waals surface area contributed by atoms with E-state index in [1.165, 1.54) is 28.0 Å². The van der Waals surface area contributed by atoms with Crippen LogP contribution in [0.1, 0.15) is 22.3 Å². The second-order valence-corrected chi connectivity index (χ2v) is 5.97. The van der Waals surface area contributed by atoms with E-state index < -0.39 is 12.0 Å². The minimum Gasteiger partial charge on any atom is -0.480 e. The minimum absolute atomic E-state index is 0.106. The fourth-order valence-corrected chi connectivity index (χ4v) is 3.68. The summed E-state index contributed by atoms with van der Waals surface area (Å²) < 4.78 is 0. The average Bonchev–Trinajstić information content (AvgIpc) is 2.83. The first kappa shape index (κ1) is 12.4. The maximum atomic E-state index is 12.3. The summed E-state index contributed by atoms with van der Waals surface area (Å²) in [5, 5.41) is 8.99. The molecule has 0 aliphatic carbocycles. The molecule has 1 amide bonds. The second-order valence-electron chi connectivity index (χ2n) is 3.77. The highest BCUT2D eigenvalue weighted by Gasteiger charge is 2.40. The van der Waals surface area contributed by atoms with Crippen molar-refractivity contribution in [2.24, 2.45) is 0 Å². The molecule has 1 N–H and O–H groups in total. The Kier molecular flexibility index (Phi) is 3.39. The zero-order valence-electron chi connectivity index (χ0n) is 9.41. The maximum absolute atomic E-state index is 12.3. The molecule has 1 aromatic rings. The third-order valence-electron chi connectivity index (χ3n) is 2.68. The van der Waals surface area contributed by atoms with E-state index in [1.807, 2.05) is 6.92 Å². The Morgan fingerprint density at radius 3 is 2.82 bits per heavy atom. The van der Waals surface area contributed by atoms with Gasteiger partial charge in [0.1, 0.15) is 10.9 Å². The Morgan fingerprint density at radius 2 is 2.29 bits per heavy atom. The minimum atomic E-state index is -0.947. The number of thiazole rings is 1. The number of thioether (sulfide) groups is 1. The molecule has 17 heavy (non-hydrogen) atoms. The van der Waals surface area contributed by atoms with Gasteiger partial charge < -0.3 is 10.0 Å². The summed E-state index contributed by atoms with van der Waals surface area (Å²) in [6, 6.07) is -0.732. The van der Waals surface area contributed by atoms with Crippen LogP contribution in [0.25, 0.3) is 0 Å². The summed E-state index contributed by atoms with van der Waals surface area (Å²) in [6.45, 7) is 3.61. The lowest BCUT2D eigenvalue weighted by molar-refractivity contribution is -0.141. The first-order valence-corrected chi connectivity index (χ1v) is 7.02. The molecular formula is C10H12N2O3S2. The molecule has 1 aromatic heterocycles. The second kappa shape index (κ2) is 4.66. The summed E-state index contributed by atoms with van der Waals surface area (Å²) in [6.07, 6.45) is 0. The zero-order valence-corrected chi connectivity index (χ0v) is 11.0. The van der Waals surface area contributed by atoms with Crippen molar-refractivity contribution in [2.75, 3.05) is 5.75 Å². The summed E-state index contributed by atoms with van der Waals surface area (Å²) in [5.41, 5.74) is 2.26. The van der Waals surface area contributed by atoms with E-state index in [0.29, 0.717) is 16.3 Å². The molecule has 0 bridgehead atoms. The number of aliphatic carboxylic acids is 1. The Balaban J connectivity index is 2.29. The first-order valence-electron chi connectivity index (χ1n) is 5.09. The van der Waals surface area contributed by atoms with Gasteiger partial charge in [-0.25, -0.2) is 9.78 Å². The van der Waals surface area contributed by atoms with Gasteiger partial charge in [-0.3, -0.25) is 4.79 Å². The number of hydrogen-bond acceptors (Lipinski definition) is 5. The van der Waals surface area contributed by atoms with Crippen LogP contribution in [0.15, 0.2) is 5.51 Å². The maximum Gasteiger partial charge on any atom is 0.327 e. The van der Waals surface area contributed by atoms with Crippen molar-refractivity contribution >= 4 is 35.0 Å². The van der Waals surface area contributed by atoms with E-state index in [-0.39, 0.29) is 11.3 Å². The number of rotatable bonds is 2. The molecule has 92 valence electrons. The number of hydrogen-bond donors (Lipinski definition) is 1. The van der Waals surface area contributed by atoms with Crippen LogP contribution in [-0.2, 0) is 4.79 Å². The van der Waals surface area contributed by atoms with E-state index >= 15 is 0 Å².